The monoisotopic (exact) mass is 481 g/mol. The number of hydrogen-bond acceptors (Lipinski definition) is 5. The van der Waals surface area contributed by atoms with Crippen LogP contribution in [0.3, 0.4) is 0 Å². The molecule has 0 unspecified atom stereocenters. The molecule has 0 saturated carbocycles. The molecule has 7 nitrogen and oxygen atoms in total. The lowest BCUT2D eigenvalue weighted by Gasteiger charge is -2.15. The van der Waals surface area contributed by atoms with Gasteiger partial charge in [-0.1, -0.05) is 44.7 Å². The van der Waals surface area contributed by atoms with Crippen molar-refractivity contribution in [1.29, 1.82) is 0 Å². The molecule has 0 bridgehead atoms. The van der Waals surface area contributed by atoms with Crippen molar-refractivity contribution in [3.05, 3.63) is 69.8 Å². The maximum atomic E-state index is 13.3. The van der Waals surface area contributed by atoms with E-state index in [9.17, 15) is 14.0 Å². The number of nitrogens with one attached hydrogen (secondary N) is 1. The van der Waals surface area contributed by atoms with E-state index in [4.69, 9.17) is 0 Å². The molecular weight excluding hydrogens is 453 g/mol. The molecule has 34 heavy (non-hydrogen) atoms. The van der Waals surface area contributed by atoms with Crippen LogP contribution < -0.4 is 10.9 Å². The minimum atomic E-state index is -0.284. The van der Waals surface area contributed by atoms with Gasteiger partial charge >= 0.3 is 0 Å². The Labute approximate surface area is 201 Å². The predicted molar refractivity (Wildman–Crippen MR) is 133 cm³/mol. The lowest BCUT2D eigenvalue weighted by Crippen LogP contribution is -2.32. The molecule has 0 aliphatic rings. The molecule has 2 aromatic carbocycles. The number of aromatic nitrogens is 4. The van der Waals surface area contributed by atoms with E-state index < -0.39 is 0 Å². The van der Waals surface area contributed by atoms with Crippen molar-refractivity contribution < 1.29 is 9.18 Å². The van der Waals surface area contributed by atoms with Crippen LogP contribution in [0.15, 0.2) is 52.4 Å². The lowest BCUT2D eigenvalue weighted by molar-refractivity contribution is 0.0939. The van der Waals surface area contributed by atoms with Crippen molar-refractivity contribution in [3.63, 3.8) is 0 Å². The summed E-state index contributed by atoms with van der Waals surface area (Å²) in [7, 11) is 0. The summed E-state index contributed by atoms with van der Waals surface area (Å²) >= 11 is 1.44. The Morgan fingerprint density at radius 2 is 1.85 bits per heavy atom. The summed E-state index contributed by atoms with van der Waals surface area (Å²) in [5.41, 5.74) is 1.84. The molecule has 4 rings (SSSR count). The second-order valence-corrected chi connectivity index (χ2v) is 9.80. The highest BCUT2D eigenvalue weighted by Crippen LogP contribution is 2.26. The van der Waals surface area contributed by atoms with Gasteiger partial charge in [-0.25, -0.2) is 4.39 Å². The standard InChI is InChI=1S/C25H28FN5O2S/c1-5-16(4)27-22(32)18-8-11-20-21(12-18)31-24(30(23(20)33)13-15(2)3)28-29-25(31)34-14-17-6-9-19(26)10-7-17/h6-12,15-16H,5,13-14H2,1-4H3,(H,27,32)/t16-/m0/s1. The second-order valence-electron chi connectivity index (χ2n) is 8.86. The van der Waals surface area contributed by atoms with Crippen molar-refractivity contribution in [2.75, 3.05) is 0 Å². The summed E-state index contributed by atoms with van der Waals surface area (Å²) in [6.07, 6.45) is 0.819. The van der Waals surface area contributed by atoms with Crippen LogP contribution >= 0.6 is 11.8 Å². The van der Waals surface area contributed by atoms with Gasteiger partial charge in [0.15, 0.2) is 5.16 Å². The van der Waals surface area contributed by atoms with Gasteiger partial charge in [-0.05, 0) is 55.2 Å². The van der Waals surface area contributed by atoms with Gasteiger partial charge in [0, 0.05) is 23.9 Å². The van der Waals surface area contributed by atoms with Crippen LogP contribution in [0.1, 0.15) is 50.0 Å². The Morgan fingerprint density at radius 3 is 2.53 bits per heavy atom. The van der Waals surface area contributed by atoms with Crippen molar-refractivity contribution in [2.24, 2.45) is 5.92 Å². The number of rotatable bonds is 8. The molecule has 0 spiro atoms. The van der Waals surface area contributed by atoms with Crippen molar-refractivity contribution in [3.8, 4) is 0 Å². The van der Waals surface area contributed by atoms with Crippen LogP contribution in [0.4, 0.5) is 4.39 Å². The van der Waals surface area contributed by atoms with Gasteiger partial charge in [0.1, 0.15) is 5.82 Å². The first kappa shape index (κ1) is 23.9. The van der Waals surface area contributed by atoms with E-state index in [1.165, 1.54) is 23.9 Å². The zero-order valence-electron chi connectivity index (χ0n) is 19.7. The van der Waals surface area contributed by atoms with Crippen LogP contribution in [-0.2, 0) is 12.3 Å². The molecule has 1 atom stereocenters. The molecule has 2 aromatic heterocycles. The first-order valence-electron chi connectivity index (χ1n) is 11.4. The third-order valence-electron chi connectivity index (χ3n) is 5.65. The zero-order chi connectivity index (χ0) is 24.4. The van der Waals surface area contributed by atoms with E-state index in [1.807, 2.05) is 32.1 Å². The summed E-state index contributed by atoms with van der Waals surface area (Å²) in [5.74, 6) is 0.747. The lowest BCUT2D eigenvalue weighted by atomic mass is 10.1. The second kappa shape index (κ2) is 9.97. The number of amides is 1. The number of carbonyl (C=O) groups excluding carboxylic acids is 1. The minimum Gasteiger partial charge on any atom is -0.350 e. The molecule has 0 saturated heterocycles. The average molecular weight is 482 g/mol. The highest BCUT2D eigenvalue weighted by Gasteiger charge is 2.19. The number of nitrogens with zero attached hydrogens (tertiary/aromatic N) is 4. The third kappa shape index (κ3) is 4.84. The largest absolute Gasteiger partial charge is 0.350 e. The minimum absolute atomic E-state index is 0.0407. The number of halogens is 1. The summed E-state index contributed by atoms with van der Waals surface area (Å²) in [4.78, 5) is 26.1. The molecule has 178 valence electrons. The summed E-state index contributed by atoms with van der Waals surface area (Å²) in [6, 6.07) is 11.5. The molecule has 0 radical (unpaired) electrons. The molecule has 0 aliphatic heterocycles. The molecule has 9 heteroatoms. The number of hydrogen-bond donors (Lipinski definition) is 1. The van der Waals surface area contributed by atoms with E-state index in [1.54, 1.807) is 34.9 Å². The third-order valence-corrected chi connectivity index (χ3v) is 6.65. The predicted octanol–water partition coefficient (Wildman–Crippen LogP) is 4.66. The molecule has 0 fully saturated rings. The topological polar surface area (TPSA) is 81.3 Å². The van der Waals surface area contributed by atoms with Crippen LogP contribution in [0, 0.1) is 11.7 Å². The zero-order valence-corrected chi connectivity index (χ0v) is 20.5. The SMILES string of the molecule is CC[C@H](C)NC(=O)c1ccc2c(=O)n(CC(C)C)c3nnc(SCc4ccc(F)cc4)n3c2c1. The fourth-order valence-electron chi connectivity index (χ4n) is 3.68. The van der Waals surface area contributed by atoms with Gasteiger partial charge in [-0.3, -0.25) is 18.6 Å². The first-order chi connectivity index (χ1) is 16.3. The summed E-state index contributed by atoms with van der Waals surface area (Å²) < 4.78 is 16.8. The van der Waals surface area contributed by atoms with Gasteiger partial charge < -0.3 is 5.32 Å². The van der Waals surface area contributed by atoms with E-state index in [2.05, 4.69) is 15.5 Å². The van der Waals surface area contributed by atoms with Gasteiger partial charge in [0.25, 0.3) is 11.5 Å². The summed E-state index contributed by atoms with van der Waals surface area (Å²) in [6.45, 7) is 8.53. The molecular formula is C25H28FN5O2S. The molecule has 1 amide bonds. The number of carbonyl (C=O) groups is 1. The fourth-order valence-corrected chi connectivity index (χ4v) is 4.58. The quantitative estimate of drug-likeness (QED) is 0.370. The Kier molecular flexibility index (Phi) is 7.02. The smallest absolute Gasteiger partial charge is 0.262 e. The van der Waals surface area contributed by atoms with Gasteiger partial charge in [0.2, 0.25) is 5.78 Å². The highest BCUT2D eigenvalue weighted by molar-refractivity contribution is 7.98. The fraction of sp³-hybridized carbons (Fsp3) is 0.360. The number of benzene rings is 2. The maximum Gasteiger partial charge on any atom is 0.262 e. The van der Waals surface area contributed by atoms with Gasteiger partial charge in [-0.2, -0.15) is 0 Å². The van der Waals surface area contributed by atoms with Crippen LogP contribution in [0.2, 0.25) is 0 Å². The molecule has 2 heterocycles. The molecule has 4 aromatic rings. The van der Waals surface area contributed by atoms with Gasteiger partial charge in [-0.15, -0.1) is 10.2 Å². The van der Waals surface area contributed by atoms with E-state index in [0.717, 1.165) is 12.0 Å². The van der Waals surface area contributed by atoms with Crippen molar-refractivity contribution in [1.82, 2.24) is 24.5 Å². The average Bonchev–Trinajstić information content (AvgIpc) is 3.24. The van der Waals surface area contributed by atoms with E-state index in [0.29, 0.717) is 39.7 Å². The van der Waals surface area contributed by atoms with Crippen LogP contribution in [0.5, 0.6) is 0 Å². The normalized spacial score (nSPS) is 12.5. The number of fused-ring (bicyclic) bond motifs is 3. The Bertz CT molecular complexity index is 1390. The molecule has 0 aliphatic carbocycles. The first-order valence-corrected chi connectivity index (χ1v) is 12.4. The summed E-state index contributed by atoms with van der Waals surface area (Å²) in [5, 5.41) is 12.8. The molecule has 1 N–H and O–H groups in total. The van der Waals surface area contributed by atoms with E-state index in [-0.39, 0.29) is 29.2 Å². The van der Waals surface area contributed by atoms with Crippen LogP contribution in [-0.4, -0.2) is 31.1 Å². The van der Waals surface area contributed by atoms with E-state index >= 15 is 0 Å². The maximum absolute atomic E-state index is 13.3. The van der Waals surface area contributed by atoms with Gasteiger partial charge in [0.05, 0.1) is 10.9 Å². The Balaban J connectivity index is 1.85. The Morgan fingerprint density at radius 1 is 1.12 bits per heavy atom. The van der Waals surface area contributed by atoms with Crippen molar-refractivity contribution in [2.45, 2.75) is 57.6 Å². The highest BCUT2D eigenvalue weighted by atomic mass is 32.2. The number of thioether (sulfide) groups is 1. The Hall–Kier alpha value is -3.20. The van der Waals surface area contributed by atoms with Crippen molar-refractivity contribution >= 4 is 34.3 Å². The van der Waals surface area contributed by atoms with Crippen LogP contribution in [0.25, 0.3) is 16.7 Å².